The molecule has 1 saturated carbocycles. The van der Waals surface area contributed by atoms with Gasteiger partial charge in [0, 0.05) is 12.6 Å². The molecule has 1 spiro atoms. The summed E-state index contributed by atoms with van der Waals surface area (Å²) in [5.74, 6) is 1.08. The summed E-state index contributed by atoms with van der Waals surface area (Å²) in [4.78, 5) is 2.54. The Hall–Kier alpha value is -0.0400. The minimum atomic E-state index is 0.782. The van der Waals surface area contributed by atoms with Gasteiger partial charge in [-0.2, -0.15) is 0 Å². The van der Waals surface area contributed by atoms with Crippen LogP contribution in [0.5, 0.6) is 0 Å². The molecule has 0 aromatic heterocycles. The van der Waals surface area contributed by atoms with Crippen molar-refractivity contribution in [2.24, 2.45) is 11.3 Å². The highest BCUT2D eigenvalue weighted by atomic mass is 15.2. The Morgan fingerprint density at radius 3 is 2.67 bits per heavy atom. The molecule has 1 nitrogen and oxygen atoms in total. The van der Waals surface area contributed by atoms with E-state index in [0.717, 1.165) is 17.4 Å². The van der Waals surface area contributed by atoms with Gasteiger partial charge < -0.3 is 4.90 Å². The van der Waals surface area contributed by atoms with Gasteiger partial charge in [0.2, 0.25) is 0 Å². The lowest BCUT2D eigenvalue weighted by Gasteiger charge is -2.12. The molecule has 0 radical (unpaired) electrons. The maximum atomic E-state index is 2.54. The fourth-order valence-corrected chi connectivity index (χ4v) is 3.09. The van der Waals surface area contributed by atoms with Crippen LogP contribution in [0, 0.1) is 11.3 Å². The fraction of sp³-hybridized carbons (Fsp3) is 1.00. The second-order valence-electron chi connectivity index (χ2n) is 5.02. The largest absolute Gasteiger partial charge is 0.303 e. The molecule has 1 heterocycles. The first kappa shape index (κ1) is 8.55. The summed E-state index contributed by atoms with van der Waals surface area (Å²) in [5.41, 5.74) is 0.782. The van der Waals surface area contributed by atoms with Gasteiger partial charge >= 0.3 is 0 Å². The van der Waals surface area contributed by atoms with E-state index in [9.17, 15) is 0 Å². The molecule has 1 saturated heterocycles. The van der Waals surface area contributed by atoms with Gasteiger partial charge in [0.05, 0.1) is 0 Å². The molecule has 70 valence electrons. The molecule has 1 heteroatoms. The maximum Gasteiger partial charge on any atom is 0.00699 e. The van der Waals surface area contributed by atoms with Gasteiger partial charge in [-0.25, -0.2) is 0 Å². The summed E-state index contributed by atoms with van der Waals surface area (Å²) in [5, 5.41) is 0. The van der Waals surface area contributed by atoms with Crippen molar-refractivity contribution in [3.8, 4) is 0 Å². The van der Waals surface area contributed by atoms with Crippen molar-refractivity contribution in [3.63, 3.8) is 0 Å². The van der Waals surface area contributed by atoms with E-state index >= 15 is 0 Å². The van der Waals surface area contributed by atoms with Crippen LogP contribution in [0.2, 0.25) is 0 Å². The van der Waals surface area contributed by atoms with E-state index in [-0.39, 0.29) is 0 Å². The van der Waals surface area contributed by atoms with Crippen LogP contribution < -0.4 is 0 Å². The topological polar surface area (TPSA) is 3.24 Å². The van der Waals surface area contributed by atoms with Gasteiger partial charge in [-0.05, 0) is 38.1 Å². The van der Waals surface area contributed by atoms with Gasteiger partial charge in [0.15, 0.2) is 0 Å². The number of nitrogens with zero attached hydrogens (tertiary/aromatic N) is 1. The van der Waals surface area contributed by atoms with Crippen LogP contribution >= 0.6 is 0 Å². The van der Waals surface area contributed by atoms with Crippen LogP contribution in [0.1, 0.15) is 39.5 Å². The summed E-state index contributed by atoms with van der Waals surface area (Å²) in [7, 11) is 2.28. The van der Waals surface area contributed by atoms with E-state index < -0.39 is 0 Å². The first-order valence-electron chi connectivity index (χ1n) is 5.38. The van der Waals surface area contributed by atoms with E-state index in [1.54, 1.807) is 0 Å². The van der Waals surface area contributed by atoms with E-state index in [0.29, 0.717) is 0 Å². The summed E-state index contributed by atoms with van der Waals surface area (Å²) < 4.78 is 0. The lowest BCUT2D eigenvalue weighted by Crippen LogP contribution is -2.21. The van der Waals surface area contributed by atoms with Crippen molar-refractivity contribution in [2.75, 3.05) is 13.6 Å². The third kappa shape index (κ3) is 1.19. The molecule has 3 unspecified atom stereocenters. The van der Waals surface area contributed by atoms with Gasteiger partial charge in [0.25, 0.3) is 0 Å². The van der Waals surface area contributed by atoms with E-state index in [1.807, 2.05) is 0 Å². The molecule has 1 aliphatic heterocycles. The van der Waals surface area contributed by atoms with Crippen LogP contribution in [0.3, 0.4) is 0 Å². The molecule has 1 aliphatic carbocycles. The lowest BCUT2D eigenvalue weighted by molar-refractivity contribution is 0.320. The molecule has 12 heavy (non-hydrogen) atoms. The molecular weight excluding hydrogens is 146 g/mol. The zero-order valence-electron chi connectivity index (χ0n) is 8.64. The molecular formula is C11H21N. The molecule has 2 fully saturated rings. The second-order valence-corrected chi connectivity index (χ2v) is 5.02. The van der Waals surface area contributed by atoms with Gasteiger partial charge in [0.1, 0.15) is 0 Å². The molecule has 0 aromatic rings. The first-order chi connectivity index (χ1) is 5.68. The quantitative estimate of drug-likeness (QED) is 0.611. The van der Waals surface area contributed by atoms with Crippen molar-refractivity contribution < 1.29 is 0 Å². The van der Waals surface area contributed by atoms with Crippen LogP contribution in [0.25, 0.3) is 0 Å². The van der Waals surface area contributed by atoms with Crippen molar-refractivity contribution >= 4 is 0 Å². The second kappa shape index (κ2) is 2.73. The Bertz CT molecular complexity index is 166. The minimum Gasteiger partial charge on any atom is -0.303 e. The van der Waals surface area contributed by atoms with Crippen molar-refractivity contribution in [2.45, 2.75) is 45.6 Å². The normalized spacial score (nSPS) is 47.2. The average Bonchev–Trinajstić information content (AvgIpc) is 2.54. The molecule has 3 atom stereocenters. The molecule has 0 bridgehead atoms. The summed E-state index contributed by atoms with van der Waals surface area (Å²) in [6.45, 7) is 6.06. The Labute approximate surface area is 76.1 Å². The maximum absolute atomic E-state index is 2.54. The number of likely N-dealkylation sites (tertiary alicyclic amines) is 1. The van der Waals surface area contributed by atoms with Crippen molar-refractivity contribution in [3.05, 3.63) is 0 Å². The van der Waals surface area contributed by atoms with Crippen LogP contribution in [-0.2, 0) is 0 Å². The zero-order valence-corrected chi connectivity index (χ0v) is 8.64. The van der Waals surface area contributed by atoms with E-state index in [2.05, 4.69) is 25.8 Å². The third-order valence-electron chi connectivity index (χ3n) is 4.01. The standard InChI is InChI=1S/C11H21N/c1-4-5-10-7-11(10)6-9(2)12(3)8-11/h9-10H,4-8H2,1-3H3. The number of hydrogen-bond acceptors (Lipinski definition) is 1. The smallest absolute Gasteiger partial charge is 0.00699 e. The number of hydrogen-bond donors (Lipinski definition) is 0. The monoisotopic (exact) mass is 167 g/mol. The zero-order chi connectivity index (χ0) is 8.77. The Morgan fingerprint density at radius 2 is 2.17 bits per heavy atom. The summed E-state index contributed by atoms with van der Waals surface area (Å²) >= 11 is 0. The SMILES string of the molecule is CCCC1CC12CC(C)N(C)C2. The Balaban J connectivity index is 1.92. The van der Waals surface area contributed by atoms with Crippen LogP contribution in [0.15, 0.2) is 0 Å². The number of rotatable bonds is 2. The molecule has 2 aliphatic rings. The fourth-order valence-electron chi connectivity index (χ4n) is 3.09. The summed E-state index contributed by atoms with van der Waals surface area (Å²) in [6, 6.07) is 0.840. The van der Waals surface area contributed by atoms with E-state index in [1.165, 1.54) is 32.2 Å². The molecule has 0 aromatic carbocycles. The molecule has 0 amide bonds. The third-order valence-corrected chi connectivity index (χ3v) is 4.01. The van der Waals surface area contributed by atoms with E-state index in [4.69, 9.17) is 0 Å². The molecule has 0 N–H and O–H groups in total. The minimum absolute atomic E-state index is 0.782. The van der Waals surface area contributed by atoms with Crippen LogP contribution in [0.4, 0.5) is 0 Å². The first-order valence-corrected chi connectivity index (χ1v) is 5.38. The van der Waals surface area contributed by atoms with Gasteiger partial charge in [-0.3, -0.25) is 0 Å². The highest BCUT2D eigenvalue weighted by molar-refractivity contribution is 5.08. The van der Waals surface area contributed by atoms with Crippen molar-refractivity contribution in [1.29, 1.82) is 0 Å². The van der Waals surface area contributed by atoms with Gasteiger partial charge in [-0.1, -0.05) is 19.8 Å². The predicted octanol–water partition coefficient (Wildman–Crippen LogP) is 2.52. The molecule has 2 rings (SSSR count). The summed E-state index contributed by atoms with van der Waals surface area (Å²) in [6.07, 6.45) is 5.84. The lowest BCUT2D eigenvalue weighted by atomic mass is 9.98. The Morgan fingerprint density at radius 1 is 1.42 bits per heavy atom. The average molecular weight is 167 g/mol. The van der Waals surface area contributed by atoms with Crippen molar-refractivity contribution in [1.82, 2.24) is 4.90 Å². The Kier molecular flexibility index (Phi) is 1.95. The highest BCUT2D eigenvalue weighted by Crippen LogP contribution is 2.61. The van der Waals surface area contributed by atoms with Gasteiger partial charge in [-0.15, -0.1) is 0 Å². The highest BCUT2D eigenvalue weighted by Gasteiger charge is 2.57. The predicted molar refractivity (Wildman–Crippen MR) is 52.2 cm³/mol. The van der Waals surface area contributed by atoms with Crippen LogP contribution in [-0.4, -0.2) is 24.5 Å².